The third kappa shape index (κ3) is 4.59. The van der Waals surface area contributed by atoms with Crippen molar-refractivity contribution in [3.05, 3.63) is 0 Å². The third-order valence-corrected chi connectivity index (χ3v) is 2.43. The van der Waals surface area contributed by atoms with Crippen LogP contribution in [-0.2, 0) is 14.3 Å². The highest BCUT2D eigenvalue weighted by molar-refractivity contribution is 5.75. The fraction of sp³-hybridized carbons (Fsp3) is 0.900. The van der Waals surface area contributed by atoms with Crippen molar-refractivity contribution >= 4 is 5.97 Å². The molecule has 5 heteroatoms. The summed E-state index contributed by atoms with van der Waals surface area (Å²) in [6.07, 6.45) is 3.38. The molecule has 0 aliphatic carbocycles. The maximum absolute atomic E-state index is 11.3. The Morgan fingerprint density at radius 1 is 1.60 bits per heavy atom. The van der Waals surface area contributed by atoms with Crippen LogP contribution in [-0.4, -0.2) is 43.0 Å². The van der Waals surface area contributed by atoms with Crippen LogP contribution in [0.3, 0.4) is 0 Å². The van der Waals surface area contributed by atoms with Crippen LogP contribution in [0.1, 0.15) is 25.7 Å². The monoisotopic (exact) mass is 217 g/mol. The van der Waals surface area contributed by atoms with Crippen LogP contribution in [0.4, 0.5) is 0 Å². The van der Waals surface area contributed by atoms with Crippen molar-refractivity contribution in [2.24, 2.45) is 5.73 Å². The molecular weight excluding hydrogens is 198 g/mol. The largest absolute Gasteiger partial charge is 0.462 e. The van der Waals surface area contributed by atoms with Crippen molar-refractivity contribution < 1.29 is 19.4 Å². The molecule has 88 valence electrons. The molecule has 0 spiro atoms. The smallest absolute Gasteiger partial charge is 0.323 e. The minimum Gasteiger partial charge on any atom is -0.462 e. The molecule has 1 saturated heterocycles. The average Bonchev–Trinajstić information content (AvgIpc) is 2.27. The second-order valence-electron chi connectivity index (χ2n) is 3.74. The van der Waals surface area contributed by atoms with Gasteiger partial charge in [-0.2, -0.15) is 0 Å². The summed E-state index contributed by atoms with van der Waals surface area (Å²) in [6.45, 7) is 0.916. The van der Waals surface area contributed by atoms with E-state index in [2.05, 4.69) is 0 Å². The molecule has 0 radical (unpaired) electrons. The fourth-order valence-electron chi connectivity index (χ4n) is 1.48. The summed E-state index contributed by atoms with van der Waals surface area (Å²) in [4.78, 5) is 11.3. The van der Waals surface area contributed by atoms with Gasteiger partial charge in [-0.05, 0) is 25.7 Å². The van der Waals surface area contributed by atoms with Crippen molar-refractivity contribution in [3.8, 4) is 0 Å². The highest BCUT2D eigenvalue weighted by Crippen LogP contribution is 2.12. The van der Waals surface area contributed by atoms with Crippen LogP contribution in [0.15, 0.2) is 0 Å². The van der Waals surface area contributed by atoms with Crippen molar-refractivity contribution in [2.75, 3.05) is 19.8 Å². The van der Waals surface area contributed by atoms with Crippen molar-refractivity contribution in [1.82, 2.24) is 0 Å². The molecule has 15 heavy (non-hydrogen) atoms. The van der Waals surface area contributed by atoms with Gasteiger partial charge in [0.15, 0.2) is 0 Å². The summed E-state index contributed by atoms with van der Waals surface area (Å²) in [7, 11) is 0. The molecule has 2 atom stereocenters. The first-order valence-corrected chi connectivity index (χ1v) is 5.38. The Kier molecular flexibility index (Phi) is 5.60. The zero-order chi connectivity index (χ0) is 11.1. The van der Waals surface area contributed by atoms with Gasteiger partial charge in [-0.3, -0.25) is 4.79 Å². The number of carbonyl (C=O) groups is 1. The number of rotatable bonds is 5. The Morgan fingerprint density at radius 3 is 3.00 bits per heavy atom. The standard InChI is InChI=1S/C10H19NO4/c11-9(4-5-12)10(13)15-7-8-3-1-2-6-14-8/h8-9,12H,1-7,11H2/t8?,9-/m0/s1. The molecule has 1 rings (SSSR count). The summed E-state index contributed by atoms with van der Waals surface area (Å²) in [5, 5.41) is 8.59. The van der Waals surface area contributed by atoms with Gasteiger partial charge >= 0.3 is 5.97 Å². The van der Waals surface area contributed by atoms with E-state index in [0.717, 1.165) is 25.9 Å². The molecule has 0 bridgehead atoms. The summed E-state index contributed by atoms with van der Waals surface area (Å²) in [5.41, 5.74) is 5.47. The number of hydrogen-bond donors (Lipinski definition) is 2. The van der Waals surface area contributed by atoms with E-state index in [1.807, 2.05) is 0 Å². The number of hydrogen-bond acceptors (Lipinski definition) is 5. The molecular formula is C10H19NO4. The molecule has 0 aromatic heterocycles. The Labute approximate surface area is 89.5 Å². The first-order chi connectivity index (χ1) is 7.24. The summed E-state index contributed by atoms with van der Waals surface area (Å²) < 4.78 is 10.4. The SMILES string of the molecule is N[C@@H](CCO)C(=O)OCC1CCCCO1. The van der Waals surface area contributed by atoms with E-state index in [0.29, 0.717) is 0 Å². The van der Waals surface area contributed by atoms with E-state index in [-0.39, 0.29) is 25.7 Å². The van der Waals surface area contributed by atoms with Crippen LogP contribution in [0, 0.1) is 0 Å². The van der Waals surface area contributed by atoms with Gasteiger partial charge in [0.1, 0.15) is 12.6 Å². The van der Waals surface area contributed by atoms with Crippen LogP contribution < -0.4 is 5.73 Å². The maximum atomic E-state index is 11.3. The van der Waals surface area contributed by atoms with Gasteiger partial charge in [0.2, 0.25) is 0 Å². The molecule has 3 N–H and O–H groups in total. The number of carbonyl (C=O) groups excluding carboxylic acids is 1. The second-order valence-corrected chi connectivity index (χ2v) is 3.74. The molecule has 0 aromatic rings. The average molecular weight is 217 g/mol. The fourth-order valence-corrected chi connectivity index (χ4v) is 1.48. The van der Waals surface area contributed by atoms with Gasteiger partial charge in [0.25, 0.3) is 0 Å². The molecule has 1 heterocycles. The summed E-state index contributed by atoms with van der Waals surface area (Å²) in [5.74, 6) is -0.460. The van der Waals surface area contributed by atoms with E-state index in [4.69, 9.17) is 20.3 Å². The highest BCUT2D eigenvalue weighted by atomic mass is 16.6. The lowest BCUT2D eigenvalue weighted by Gasteiger charge is -2.22. The van der Waals surface area contributed by atoms with Gasteiger partial charge in [-0.1, -0.05) is 0 Å². The molecule has 1 aliphatic heterocycles. The highest BCUT2D eigenvalue weighted by Gasteiger charge is 2.19. The molecule has 0 aromatic carbocycles. The predicted molar refractivity (Wildman–Crippen MR) is 54.2 cm³/mol. The van der Waals surface area contributed by atoms with E-state index >= 15 is 0 Å². The molecule has 1 fully saturated rings. The number of nitrogens with two attached hydrogens (primary N) is 1. The quantitative estimate of drug-likeness (QED) is 0.624. The number of aliphatic hydroxyl groups is 1. The number of ether oxygens (including phenoxy) is 2. The Balaban J connectivity index is 2.14. The summed E-state index contributed by atoms with van der Waals surface area (Å²) >= 11 is 0. The normalized spacial score (nSPS) is 23.5. The Hall–Kier alpha value is -0.650. The first kappa shape index (κ1) is 12.4. The van der Waals surface area contributed by atoms with Crippen LogP contribution in [0.2, 0.25) is 0 Å². The van der Waals surface area contributed by atoms with Gasteiger partial charge in [0.05, 0.1) is 6.10 Å². The number of esters is 1. The van der Waals surface area contributed by atoms with Crippen LogP contribution in [0.5, 0.6) is 0 Å². The Bertz CT molecular complexity index is 192. The molecule has 5 nitrogen and oxygen atoms in total. The minimum atomic E-state index is -0.724. The van der Waals surface area contributed by atoms with Crippen molar-refractivity contribution in [1.29, 1.82) is 0 Å². The van der Waals surface area contributed by atoms with E-state index in [9.17, 15) is 4.79 Å². The lowest BCUT2D eigenvalue weighted by molar-refractivity contribution is -0.151. The third-order valence-electron chi connectivity index (χ3n) is 2.43. The lowest BCUT2D eigenvalue weighted by atomic mass is 10.1. The van der Waals surface area contributed by atoms with E-state index in [1.165, 1.54) is 0 Å². The van der Waals surface area contributed by atoms with Crippen LogP contribution in [0.25, 0.3) is 0 Å². The molecule has 0 amide bonds. The summed E-state index contributed by atoms with van der Waals surface area (Å²) in [6, 6.07) is -0.724. The Morgan fingerprint density at radius 2 is 2.40 bits per heavy atom. The molecule has 1 unspecified atom stereocenters. The molecule has 0 saturated carbocycles. The topological polar surface area (TPSA) is 81.8 Å². The van der Waals surface area contributed by atoms with E-state index < -0.39 is 12.0 Å². The lowest BCUT2D eigenvalue weighted by Crippen LogP contribution is -2.35. The van der Waals surface area contributed by atoms with Gasteiger partial charge < -0.3 is 20.3 Å². The zero-order valence-corrected chi connectivity index (χ0v) is 8.85. The van der Waals surface area contributed by atoms with E-state index in [1.54, 1.807) is 0 Å². The zero-order valence-electron chi connectivity index (χ0n) is 8.85. The van der Waals surface area contributed by atoms with Crippen LogP contribution >= 0.6 is 0 Å². The predicted octanol–water partition coefficient (Wildman–Crippen LogP) is -0.192. The second kappa shape index (κ2) is 6.76. The van der Waals surface area contributed by atoms with Gasteiger partial charge in [0, 0.05) is 13.2 Å². The van der Waals surface area contributed by atoms with Gasteiger partial charge in [-0.25, -0.2) is 0 Å². The van der Waals surface area contributed by atoms with Crippen molar-refractivity contribution in [2.45, 2.75) is 37.8 Å². The number of aliphatic hydroxyl groups excluding tert-OH is 1. The minimum absolute atomic E-state index is 0.0176. The first-order valence-electron chi connectivity index (χ1n) is 5.38. The van der Waals surface area contributed by atoms with Crippen molar-refractivity contribution in [3.63, 3.8) is 0 Å². The maximum Gasteiger partial charge on any atom is 0.323 e. The van der Waals surface area contributed by atoms with Gasteiger partial charge in [-0.15, -0.1) is 0 Å². The molecule has 1 aliphatic rings.